The number of carbonyl (C=O) groups is 1. The summed E-state index contributed by atoms with van der Waals surface area (Å²) in [6.45, 7) is 0. The highest BCUT2D eigenvalue weighted by Crippen LogP contribution is 2.36. The van der Waals surface area contributed by atoms with E-state index in [1.165, 1.54) is 28.7 Å². The summed E-state index contributed by atoms with van der Waals surface area (Å²) in [5.41, 5.74) is 3.89. The summed E-state index contributed by atoms with van der Waals surface area (Å²) < 4.78 is 6.23. The monoisotopic (exact) mass is 458 g/mol. The largest absolute Gasteiger partial charge is 0.472 e. The van der Waals surface area contributed by atoms with Gasteiger partial charge in [0, 0.05) is 36.6 Å². The minimum Gasteiger partial charge on any atom is -0.472 e. The zero-order chi connectivity index (χ0) is 22.8. The van der Waals surface area contributed by atoms with Crippen molar-refractivity contribution in [3.05, 3.63) is 83.8 Å². The van der Waals surface area contributed by atoms with Crippen molar-refractivity contribution in [1.82, 2.24) is 25.1 Å². The average molecular weight is 459 g/mol. The topological polar surface area (TPSA) is 93.1 Å². The van der Waals surface area contributed by atoms with E-state index in [0.29, 0.717) is 21.6 Å². The van der Waals surface area contributed by atoms with E-state index in [0.717, 1.165) is 12.0 Å². The maximum absolute atomic E-state index is 12.6. The van der Waals surface area contributed by atoms with Crippen LogP contribution in [0.3, 0.4) is 0 Å². The van der Waals surface area contributed by atoms with Crippen LogP contribution in [0.25, 0.3) is 10.6 Å². The van der Waals surface area contributed by atoms with Crippen LogP contribution in [0.15, 0.2) is 67.1 Å². The molecule has 1 aliphatic carbocycles. The van der Waals surface area contributed by atoms with Crippen LogP contribution in [-0.2, 0) is 6.42 Å². The highest BCUT2D eigenvalue weighted by molar-refractivity contribution is 7.18. The summed E-state index contributed by atoms with van der Waals surface area (Å²) in [6.07, 6.45) is 5.67. The number of nitrogens with zero attached hydrogens (tertiary/aromatic N) is 5. The molecule has 5 rings (SSSR count). The Morgan fingerprint density at radius 2 is 1.91 bits per heavy atom. The molecule has 1 aromatic carbocycles. The normalized spacial score (nSPS) is 17.1. The first kappa shape index (κ1) is 21.2. The molecule has 166 valence electrons. The molecule has 3 heterocycles. The van der Waals surface area contributed by atoms with Crippen molar-refractivity contribution in [1.29, 1.82) is 0 Å². The minimum absolute atomic E-state index is 0.0439. The lowest BCUT2D eigenvalue weighted by Gasteiger charge is -2.27. The highest BCUT2D eigenvalue weighted by atomic mass is 32.1. The number of hydrogen-bond acceptors (Lipinski definition) is 8. The number of aromatic nitrogens is 4. The number of amides is 1. The maximum Gasteiger partial charge on any atom is 0.259 e. The molecule has 0 saturated heterocycles. The predicted octanol–water partition coefficient (Wildman–Crippen LogP) is 3.85. The summed E-state index contributed by atoms with van der Waals surface area (Å²) in [5, 5.41) is 12.1. The lowest BCUT2D eigenvalue weighted by Crippen LogP contribution is -2.32. The molecule has 0 saturated carbocycles. The van der Waals surface area contributed by atoms with Crippen molar-refractivity contribution in [2.24, 2.45) is 0 Å². The van der Waals surface area contributed by atoms with E-state index in [1.807, 2.05) is 12.1 Å². The van der Waals surface area contributed by atoms with Gasteiger partial charge in [0.2, 0.25) is 11.0 Å². The van der Waals surface area contributed by atoms with Crippen molar-refractivity contribution in [3.8, 4) is 16.5 Å². The third-order valence-corrected chi connectivity index (χ3v) is 6.43. The van der Waals surface area contributed by atoms with E-state index in [-0.39, 0.29) is 18.1 Å². The lowest BCUT2D eigenvalue weighted by molar-refractivity contribution is 0.102. The fraction of sp³-hybridized carbons (Fsp3) is 0.208. The van der Waals surface area contributed by atoms with Gasteiger partial charge in [-0.25, -0.2) is 4.98 Å². The summed E-state index contributed by atoms with van der Waals surface area (Å²) in [7, 11) is 4.11. The first-order valence-corrected chi connectivity index (χ1v) is 11.3. The van der Waals surface area contributed by atoms with Crippen molar-refractivity contribution < 1.29 is 9.53 Å². The number of hydrogen-bond donors (Lipinski definition) is 1. The molecule has 0 bridgehead atoms. The first-order chi connectivity index (χ1) is 16.1. The van der Waals surface area contributed by atoms with Crippen LogP contribution < -0.4 is 10.1 Å². The molecule has 33 heavy (non-hydrogen) atoms. The number of rotatable bonds is 6. The number of anilines is 1. The van der Waals surface area contributed by atoms with E-state index in [4.69, 9.17) is 4.74 Å². The number of pyridine rings is 2. The molecule has 1 amide bonds. The van der Waals surface area contributed by atoms with Crippen molar-refractivity contribution in [2.45, 2.75) is 18.6 Å². The minimum atomic E-state index is -0.300. The fourth-order valence-corrected chi connectivity index (χ4v) is 4.79. The van der Waals surface area contributed by atoms with Gasteiger partial charge in [-0.3, -0.25) is 20.0 Å². The SMILES string of the molecule is CN(C)[C@H]1c2ccccc2C[C@@H]1Oc1ccc(C(=O)Nc2nnc(-c3ccncc3)s2)cn1. The Labute approximate surface area is 195 Å². The number of ether oxygens (including phenoxy) is 1. The number of carbonyl (C=O) groups excluding carboxylic acids is 1. The quantitative estimate of drug-likeness (QED) is 0.469. The summed E-state index contributed by atoms with van der Waals surface area (Å²) >= 11 is 1.30. The zero-order valence-electron chi connectivity index (χ0n) is 18.2. The average Bonchev–Trinajstić information content (AvgIpc) is 3.44. The first-order valence-electron chi connectivity index (χ1n) is 10.5. The van der Waals surface area contributed by atoms with Gasteiger partial charge in [0.15, 0.2) is 0 Å². The van der Waals surface area contributed by atoms with E-state index in [2.05, 4.69) is 68.7 Å². The van der Waals surface area contributed by atoms with Gasteiger partial charge in [0.1, 0.15) is 11.1 Å². The van der Waals surface area contributed by atoms with Crippen LogP contribution in [0, 0.1) is 0 Å². The number of likely N-dealkylation sites (N-methyl/N-ethyl adjacent to an activating group) is 1. The molecular formula is C24H22N6O2S. The van der Waals surface area contributed by atoms with Crippen LogP contribution in [0.1, 0.15) is 27.5 Å². The molecule has 1 N–H and O–H groups in total. The predicted molar refractivity (Wildman–Crippen MR) is 126 cm³/mol. The number of nitrogens with one attached hydrogen (secondary N) is 1. The lowest BCUT2D eigenvalue weighted by atomic mass is 10.1. The molecule has 0 aliphatic heterocycles. The second-order valence-corrected chi connectivity index (χ2v) is 8.93. The Morgan fingerprint density at radius 3 is 2.67 bits per heavy atom. The second-order valence-electron chi connectivity index (χ2n) is 7.96. The van der Waals surface area contributed by atoms with E-state index in [9.17, 15) is 4.79 Å². The molecule has 2 atom stereocenters. The summed E-state index contributed by atoms with van der Waals surface area (Å²) in [6, 6.07) is 15.7. The molecule has 1 aliphatic rings. The van der Waals surface area contributed by atoms with E-state index < -0.39 is 0 Å². The second kappa shape index (κ2) is 9.05. The summed E-state index contributed by atoms with van der Waals surface area (Å²) in [4.78, 5) is 23.2. The Bertz CT molecular complexity index is 1260. The van der Waals surface area contributed by atoms with E-state index in [1.54, 1.807) is 24.5 Å². The van der Waals surface area contributed by atoms with Crippen LogP contribution in [-0.4, -0.2) is 51.2 Å². The van der Waals surface area contributed by atoms with Crippen LogP contribution in [0.2, 0.25) is 0 Å². The van der Waals surface area contributed by atoms with Crippen molar-refractivity contribution in [2.75, 3.05) is 19.4 Å². The van der Waals surface area contributed by atoms with Gasteiger partial charge in [-0.1, -0.05) is 35.6 Å². The van der Waals surface area contributed by atoms with Gasteiger partial charge < -0.3 is 4.74 Å². The third-order valence-electron chi connectivity index (χ3n) is 5.55. The van der Waals surface area contributed by atoms with Crippen LogP contribution in [0.5, 0.6) is 5.88 Å². The standard InChI is InChI=1S/C24H22N6O2S/c1-30(2)21-18-6-4-3-5-16(18)13-19(21)32-20-8-7-17(14-26-20)22(31)27-24-29-28-23(33-24)15-9-11-25-12-10-15/h3-12,14,19,21H,13H2,1-2H3,(H,27,29,31)/t19-,21-/m0/s1. The Morgan fingerprint density at radius 1 is 1.09 bits per heavy atom. The van der Waals surface area contributed by atoms with Crippen LogP contribution >= 0.6 is 11.3 Å². The fourth-order valence-electron chi connectivity index (χ4n) is 4.05. The van der Waals surface area contributed by atoms with E-state index >= 15 is 0 Å². The molecular weight excluding hydrogens is 436 g/mol. The van der Waals surface area contributed by atoms with Crippen LogP contribution in [0.4, 0.5) is 5.13 Å². The molecule has 0 spiro atoms. The number of fused-ring (bicyclic) bond motifs is 1. The maximum atomic E-state index is 12.6. The molecule has 0 fully saturated rings. The van der Waals surface area contributed by atoms with Crippen molar-refractivity contribution >= 4 is 22.4 Å². The molecule has 0 radical (unpaired) electrons. The molecule has 0 unspecified atom stereocenters. The highest BCUT2D eigenvalue weighted by Gasteiger charge is 2.35. The molecule has 9 heteroatoms. The Balaban J connectivity index is 1.25. The van der Waals surface area contributed by atoms with Gasteiger partial charge in [-0.05, 0) is 43.4 Å². The smallest absolute Gasteiger partial charge is 0.259 e. The Kier molecular flexibility index (Phi) is 5.80. The molecule has 8 nitrogen and oxygen atoms in total. The molecule has 3 aromatic heterocycles. The van der Waals surface area contributed by atoms with Gasteiger partial charge in [0.25, 0.3) is 5.91 Å². The Hall–Kier alpha value is -3.69. The van der Waals surface area contributed by atoms with Gasteiger partial charge in [-0.15, -0.1) is 10.2 Å². The number of benzene rings is 1. The van der Waals surface area contributed by atoms with Crippen molar-refractivity contribution in [3.63, 3.8) is 0 Å². The summed E-state index contributed by atoms with van der Waals surface area (Å²) in [5.74, 6) is 0.193. The third kappa shape index (κ3) is 4.46. The molecule has 4 aromatic rings. The van der Waals surface area contributed by atoms with Gasteiger partial charge in [0.05, 0.1) is 11.6 Å². The zero-order valence-corrected chi connectivity index (χ0v) is 19.0. The van der Waals surface area contributed by atoms with Gasteiger partial charge in [-0.2, -0.15) is 0 Å². The van der Waals surface area contributed by atoms with Gasteiger partial charge >= 0.3 is 0 Å².